The number of carbonyl (C=O) groups excluding carboxylic acids is 1. The summed E-state index contributed by atoms with van der Waals surface area (Å²) in [6, 6.07) is 11.5. The van der Waals surface area contributed by atoms with Gasteiger partial charge in [-0.2, -0.15) is 0 Å². The molecule has 0 unspecified atom stereocenters. The van der Waals surface area contributed by atoms with E-state index in [1.54, 1.807) is 26.4 Å². The number of benzene rings is 2. The van der Waals surface area contributed by atoms with Gasteiger partial charge in [0.2, 0.25) is 5.91 Å². The molecule has 2 N–H and O–H groups in total. The number of anilines is 1. The predicted molar refractivity (Wildman–Crippen MR) is 90.9 cm³/mol. The number of carbonyl (C=O) groups is 1. The van der Waals surface area contributed by atoms with Gasteiger partial charge in [-0.3, -0.25) is 4.79 Å². The number of rotatable bonds is 8. The van der Waals surface area contributed by atoms with E-state index in [0.29, 0.717) is 36.7 Å². The van der Waals surface area contributed by atoms with Gasteiger partial charge in [-0.05, 0) is 35.9 Å². The van der Waals surface area contributed by atoms with Gasteiger partial charge in [0.1, 0.15) is 5.82 Å². The molecule has 0 aromatic heterocycles. The fraction of sp³-hybridized carbons (Fsp3) is 0.278. The Labute approximate surface area is 140 Å². The van der Waals surface area contributed by atoms with Crippen LogP contribution in [0, 0.1) is 5.82 Å². The van der Waals surface area contributed by atoms with Gasteiger partial charge in [0.15, 0.2) is 11.5 Å². The van der Waals surface area contributed by atoms with Crippen molar-refractivity contribution >= 4 is 11.6 Å². The zero-order valence-electron chi connectivity index (χ0n) is 13.8. The highest BCUT2D eigenvalue weighted by molar-refractivity contribution is 5.90. The van der Waals surface area contributed by atoms with Gasteiger partial charge < -0.3 is 20.1 Å². The molecule has 0 aliphatic heterocycles. The second-order valence-electron chi connectivity index (χ2n) is 5.17. The van der Waals surface area contributed by atoms with Gasteiger partial charge in [0.05, 0.1) is 14.2 Å². The number of methoxy groups -OCH3 is 2. The van der Waals surface area contributed by atoms with E-state index in [4.69, 9.17) is 9.47 Å². The van der Waals surface area contributed by atoms with Crippen molar-refractivity contribution in [3.05, 3.63) is 53.8 Å². The zero-order chi connectivity index (χ0) is 17.4. The van der Waals surface area contributed by atoms with Crippen LogP contribution in [0.2, 0.25) is 0 Å². The summed E-state index contributed by atoms with van der Waals surface area (Å²) in [4.78, 5) is 11.8. The van der Waals surface area contributed by atoms with Crippen LogP contribution in [0.3, 0.4) is 0 Å². The number of amides is 1. The van der Waals surface area contributed by atoms with Gasteiger partial charge in [0, 0.05) is 25.2 Å². The molecule has 2 aromatic carbocycles. The monoisotopic (exact) mass is 332 g/mol. The van der Waals surface area contributed by atoms with Crippen LogP contribution < -0.4 is 20.1 Å². The molecule has 24 heavy (non-hydrogen) atoms. The van der Waals surface area contributed by atoms with E-state index in [1.807, 2.05) is 18.2 Å². The molecule has 2 aromatic rings. The average molecular weight is 332 g/mol. The third-order valence-corrected chi connectivity index (χ3v) is 3.41. The van der Waals surface area contributed by atoms with Crippen LogP contribution in [-0.2, 0) is 11.3 Å². The minimum absolute atomic E-state index is 0.166. The number of hydrogen-bond acceptors (Lipinski definition) is 4. The van der Waals surface area contributed by atoms with Crippen molar-refractivity contribution in [1.29, 1.82) is 0 Å². The summed E-state index contributed by atoms with van der Waals surface area (Å²) in [6.07, 6.45) is 0.295. The highest BCUT2D eigenvalue weighted by Crippen LogP contribution is 2.27. The largest absolute Gasteiger partial charge is 0.493 e. The molecular weight excluding hydrogens is 311 g/mol. The lowest BCUT2D eigenvalue weighted by atomic mass is 10.2. The molecule has 0 fully saturated rings. The number of halogens is 1. The van der Waals surface area contributed by atoms with E-state index in [-0.39, 0.29) is 11.7 Å². The summed E-state index contributed by atoms with van der Waals surface area (Å²) < 4.78 is 23.5. The Balaban J connectivity index is 1.75. The maximum Gasteiger partial charge on any atom is 0.225 e. The standard InChI is InChI=1S/C18H21FN2O3/c1-23-16-7-6-13(10-17(16)24-2)12-20-9-8-18(22)21-15-5-3-4-14(19)11-15/h3-7,10-11,20H,8-9,12H2,1-2H3,(H,21,22). The van der Waals surface area contributed by atoms with Crippen molar-refractivity contribution in [2.24, 2.45) is 0 Å². The molecule has 0 aliphatic carbocycles. The van der Waals surface area contributed by atoms with Crippen LogP contribution in [0.15, 0.2) is 42.5 Å². The molecule has 128 valence electrons. The number of hydrogen-bond donors (Lipinski definition) is 2. The summed E-state index contributed by atoms with van der Waals surface area (Å²) in [6.45, 7) is 1.11. The van der Waals surface area contributed by atoms with Crippen LogP contribution >= 0.6 is 0 Å². The molecule has 0 bridgehead atoms. The van der Waals surface area contributed by atoms with Crippen molar-refractivity contribution in [2.45, 2.75) is 13.0 Å². The molecule has 1 amide bonds. The second-order valence-corrected chi connectivity index (χ2v) is 5.17. The zero-order valence-corrected chi connectivity index (χ0v) is 13.8. The highest BCUT2D eigenvalue weighted by Gasteiger charge is 2.05. The van der Waals surface area contributed by atoms with E-state index >= 15 is 0 Å². The molecule has 0 atom stereocenters. The van der Waals surface area contributed by atoms with E-state index in [2.05, 4.69) is 10.6 Å². The first-order valence-corrected chi connectivity index (χ1v) is 7.59. The maximum absolute atomic E-state index is 13.0. The second kappa shape index (κ2) is 8.88. The molecule has 0 saturated heterocycles. The minimum Gasteiger partial charge on any atom is -0.493 e. The Morgan fingerprint density at radius 1 is 1.08 bits per heavy atom. The van der Waals surface area contributed by atoms with E-state index in [0.717, 1.165) is 5.56 Å². The van der Waals surface area contributed by atoms with Crippen LogP contribution in [0.4, 0.5) is 10.1 Å². The number of nitrogens with one attached hydrogen (secondary N) is 2. The summed E-state index contributed by atoms with van der Waals surface area (Å²) >= 11 is 0. The molecule has 0 heterocycles. The molecule has 2 rings (SSSR count). The van der Waals surface area contributed by atoms with E-state index in [9.17, 15) is 9.18 Å². The molecule has 0 spiro atoms. The van der Waals surface area contributed by atoms with Gasteiger partial charge in [-0.25, -0.2) is 4.39 Å². The van der Waals surface area contributed by atoms with Crippen LogP contribution in [0.1, 0.15) is 12.0 Å². The topological polar surface area (TPSA) is 59.6 Å². The summed E-state index contributed by atoms with van der Waals surface area (Å²) in [5.41, 5.74) is 1.48. The minimum atomic E-state index is -0.376. The Kier molecular flexibility index (Phi) is 6.57. The first-order valence-electron chi connectivity index (χ1n) is 7.59. The van der Waals surface area contributed by atoms with Gasteiger partial charge in [-0.1, -0.05) is 12.1 Å². The maximum atomic E-state index is 13.0. The van der Waals surface area contributed by atoms with Gasteiger partial charge in [0.25, 0.3) is 0 Å². The van der Waals surface area contributed by atoms with E-state index in [1.165, 1.54) is 12.1 Å². The lowest BCUT2D eigenvalue weighted by Crippen LogP contribution is -2.21. The van der Waals surface area contributed by atoms with E-state index < -0.39 is 0 Å². The lowest BCUT2D eigenvalue weighted by molar-refractivity contribution is -0.116. The molecular formula is C18H21FN2O3. The molecule has 0 aliphatic rings. The van der Waals surface area contributed by atoms with Crippen molar-refractivity contribution in [2.75, 3.05) is 26.1 Å². The quantitative estimate of drug-likeness (QED) is 0.730. The molecule has 0 radical (unpaired) electrons. The molecule has 5 nitrogen and oxygen atoms in total. The third kappa shape index (κ3) is 5.24. The first kappa shape index (κ1) is 17.7. The van der Waals surface area contributed by atoms with Gasteiger partial charge >= 0.3 is 0 Å². The van der Waals surface area contributed by atoms with Crippen LogP contribution in [0.25, 0.3) is 0 Å². The molecule has 6 heteroatoms. The Hall–Kier alpha value is -2.60. The lowest BCUT2D eigenvalue weighted by Gasteiger charge is -2.10. The Bertz CT molecular complexity index is 692. The Morgan fingerprint density at radius 3 is 2.58 bits per heavy atom. The summed E-state index contributed by atoms with van der Waals surface area (Å²) in [5, 5.41) is 5.85. The van der Waals surface area contributed by atoms with Crippen molar-refractivity contribution in [3.63, 3.8) is 0 Å². The average Bonchev–Trinajstić information content (AvgIpc) is 2.58. The van der Waals surface area contributed by atoms with Crippen molar-refractivity contribution in [3.8, 4) is 11.5 Å². The van der Waals surface area contributed by atoms with Crippen LogP contribution in [-0.4, -0.2) is 26.7 Å². The normalized spacial score (nSPS) is 10.3. The Morgan fingerprint density at radius 2 is 1.88 bits per heavy atom. The van der Waals surface area contributed by atoms with Crippen molar-refractivity contribution in [1.82, 2.24) is 5.32 Å². The highest BCUT2D eigenvalue weighted by atomic mass is 19.1. The van der Waals surface area contributed by atoms with Crippen molar-refractivity contribution < 1.29 is 18.7 Å². The third-order valence-electron chi connectivity index (χ3n) is 3.41. The summed E-state index contributed by atoms with van der Waals surface area (Å²) in [5.74, 6) is 0.802. The predicted octanol–water partition coefficient (Wildman–Crippen LogP) is 2.96. The fourth-order valence-corrected chi connectivity index (χ4v) is 2.21. The fourth-order valence-electron chi connectivity index (χ4n) is 2.21. The summed E-state index contributed by atoms with van der Waals surface area (Å²) in [7, 11) is 3.18. The SMILES string of the molecule is COc1ccc(CNCCC(=O)Nc2cccc(F)c2)cc1OC. The van der Waals surface area contributed by atoms with Gasteiger partial charge in [-0.15, -0.1) is 0 Å². The smallest absolute Gasteiger partial charge is 0.225 e. The van der Waals surface area contributed by atoms with Crippen LogP contribution in [0.5, 0.6) is 11.5 Å². The number of ether oxygens (including phenoxy) is 2. The first-order chi connectivity index (χ1) is 11.6. The molecule has 0 saturated carbocycles.